The van der Waals surface area contributed by atoms with Gasteiger partial charge in [-0.1, -0.05) is 162 Å². The predicted octanol–water partition coefficient (Wildman–Crippen LogP) is 9.87. The molecule has 4 aliphatic rings. The first-order valence-corrected chi connectivity index (χ1v) is 26.5. The van der Waals surface area contributed by atoms with Gasteiger partial charge in [0.2, 0.25) is 0 Å². The molecule has 13 heteroatoms. The molecule has 0 aliphatic heterocycles. The van der Waals surface area contributed by atoms with Crippen LogP contribution in [0.5, 0.6) is 0 Å². The van der Waals surface area contributed by atoms with Crippen molar-refractivity contribution in [3.8, 4) is 17.8 Å². The van der Waals surface area contributed by atoms with Crippen molar-refractivity contribution in [1.82, 2.24) is 0 Å². The van der Waals surface area contributed by atoms with E-state index in [-0.39, 0.29) is 113 Å². The van der Waals surface area contributed by atoms with Gasteiger partial charge in [0.05, 0.1) is 11.5 Å². The molecule has 4 saturated carbocycles. The maximum atomic E-state index is 10.4. The summed E-state index contributed by atoms with van der Waals surface area (Å²) in [6, 6.07) is 35.1. The monoisotopic (exact) mass is 1130 g/mol. The van der Waals surface area contributed by atoms with Gasteiger partial charge >= 0.3 is 52.6 Å². The number of nitrogens with zero attached hydrogens (tertiary/aromatic N) is 2. The van der Waals surface area contributed by atoms with Gasteiger partial charge in [-0.05, 0) is 172 Å². The number of nitrogens with two attached hydrogens (primary N) is 2. The number of rotatable bonds is 13. The first-order valence-electron chi connectivity index (χ1n) is 25.0. The average Bonchev–Trinajstić information content (AvgIpc) is 3.22. The molecule has 0 aromatic heterocycles. The van der Waals surface area contributed by atoms with Crippen LogP contribution in [0.25, 0.3) is 5.41 Å². The summed E-state index contributed by atoms with van der Waals surface area (Å²) in [7, 11) is 4.67. The Hall–Kier alpha value is -0.944. The van der Waals surface area contributed by atoms with E-state index < -0.39 is 0 Å². The first kappa shape index (κ1) is 71.1. The molecule has 0 heterocycles. The van der Waals surface area contributed by atoms with Crippen LogP contribution < -0.4 is 58.0 Å². The van der Waals surface area contributed by atoms with E-state index in [9.17, 15) is 5.41 Å². The zero-order valence-electron chi connectivity index (χ0n) is 45.5. The topological polar surface area (TPSA) is 98.1 Å². The second-order valence-electron chi connectivity index (χ2n) is 20.9. The van der Waals surface area contributed by atoms with Crippen molar-refractivity contribution in [2.75, 3.05) is 0 Å². The second kappa shape index (κ2) is 34.0. The number of halogens is 5. The van der Waals surface area contributed by atoms with Crippen LogP contribution in [-0.2, 0) is 21.7 Å². The number of hydrogen-bond acceptors (Lipinski definition) is 3. The number of benzene rings is 4. The third-order valence-corrected chi connectivity index (χ3v) is 15.9. The Morgan fingerprint density at radius 2 is 0.875 bits per heavy atom. The molecule has 0 spiro atoms. The van der Waals surface area contributed by atoms with E-state index in [1.165, 1.54) is 61.6 Å². The molecule has 72 heavy (non-hydrogen) atoms. The Balaban J connectivity index is 0. The molecule has 5 radical (unpaired) electrons. The summed E-state index contributed by atoms with van der Waals surface area (Å²) in [5.74, 6) is 6.46. The molecule has 4 aromatic rings. The summed E-state index contributed by atoms with van der Waals surface area (Å²) in [6.07, 6.45) is 17.0. The Morgan fingerprint density at radius 1 is 0.583 bits per heavy atom. The molecule has 2 atom stereocenters. The molecule has 4 N–H and O–H groups in total. The molecule has 0 amide bonds. The molecular weight excluding hydrogens is 1060 g/mol. The Morgan fingerprint density at radius 3 is 1.08 bits per heavy atom. The fourth-order valence-corrected chi connectivity index (χ4v) is 10.8. The van der Waals surface area contributed by atoms with Gasteiger partial charge in [0.1, 0.15) is 0 Å². The van der Waals surface area contributed by atoms with E-state index in [1.807, 2.05) is 60.7 Å². The molecule has 4 aliphatic carbocycles. The standard InChI is InChI=1S/2C15H22ClN.C15H19ClN.C11H10ClN.C3H3B.B.BrH.Mg.Na.H/c3*1-11(2)10-14(17)15(8-3-9-15)12-4-6-13(16)7-5-12;12-10-4-2-9(3-5-10)11(8-13)6-1-7-11;1-2-3-4;;;;;/h2*4-7,11,14H,3,8-10,17H2,1-2H3;4-7,11H,3,8-10H2,1-2H3;2-5H,1,6-7H2;1H3;;1H;;;/q;;-1;;;;;+2;+1;-1/p-1. The molecule has 2 unspecified atom stereocenters. The molecule has 0 saturated heterocycles. The summed E-state index contributed by atoms with van der Waals surface area (Å²) in [5.41, 5.74) is 18.8. The van der Waals surface area contributed by atoms with Crippen LogP contribution in [0.1, 0.15) is 168 Å². The van der Waals surface area contributed by atoms with Gasteiger partial charge in [-0.25, -0.2) is 0 Å². The third kappa shape index (κ3) is 19.2. The van der Waals surface area contributed by atoms with Crippen LogP contribution in [0, 0.1) is 40.8 Å². The number of hydrogen-bond donors (Lipinski definition) is 2. The minimum atomic E-state index is -0.204. The molecule has 377 valence electrons. The van der Waals surface area contributed by atoms with E-state index in [4.69, 9.17) is 63.1 Å². The van der Waals surface area contributed by atoms with Crippen molar-refractivity contribution in [2.45, 2.75) is 179 Å². The Bertz CT molecular complexity index is 2190. The van der Waals surface area contributed by atoms with Gasteiger partial charge in [0.15, 0.2) is 7.85 Å². The molecule has 8 rings (SSSR count). The van der Waals surface area contributed by atoms with E-state index in [0.29, 0.717) is 23.5 Å². The summed E-state index contributed by atoms with van der Waals surface area (Å²) in [4.78, 5) is 0. The molecule has 4 aromatic carbocycles. The summed E-state index contributed by atoms with van der Waals surface area (Å²) in [6.45, 7) is 15.0. The van der Waals surface area contributed by atoms with Crippen molar-refractivity contribution in [1.29, 1.82) is 5.26 Å². The number of nitriles is 1. The quantitative estimate of drug-likeness (QED) is 0.0793. The Kier molecular flexibility index (Phi) is 33.6. The van der Waals surface area contributed by atoms with Gasteiger partial charge < -0.3 is 35.3 Å². The van der Waals surface area contributed by atoms with E-state index in [2.05, 4.69) is 104 Å². The maximum absolute atomic E-state index is 10.4. The van der Waals surface area contributed by atoms with Crippen LogP contribution in [0.4, 0.5) is 0 Å². The summed E-state index contributed by atoms with van der Waals surface area (Å²) >= 11 is 23.6. The smallest absolute Gasteiger partial charge is 1.00 e. The molecular formula is C59H77B2BrCl4MgN4Na. The van der Waals surface area contributed by atoms with Crippen LogP contribution in [0.3, 0.4) is 0 Å². The van der Waals surface area contributed by atoms with Crippen molar-refractivity contribution < 1.29 is 48.0 Å². The normalized spacial score (nSPS) is 17.3. The van der Waals surface area contributed by atoms with Crippen LogP contribution >= 0.6 is 46.4 Å². The molecule has 4 nitrogen and oxygen atoms in total. The third-order valence-electron chi connectivity index (χ3n) is 14.9. The summed E-state index contributed by atoms with van der Waals surface area (Å²) < 4.78 is 0. The fraction of sp³-hybridized carbons (Fsp3) is 0.525. The zero-order chi connectivity index (χ0) is 50.1. The zero-order valence-corrected chi connectivity index (χ0v) is 52.6. The SMILES string of the molecule is CC(C)CC(=[N-])C1(c2ccc(Cl)cc2)CCC1.CC(C)CC(N)C1(c2ccc(Cl)cc2)CCC1.CC(C)CC(N)C1(c2ccc(Cl)cc2)CCC1.N#CC1(c2ccc(Cl)cc2)CCC1.[B].[B]C#CC.[Br-].[H-].[Mg+2].[Na+]. The van der Waals surface area contributed by atoms with E-state index in [0.717, 1.165) is 77.0 Å². The average molecular weight is 1130 g/mol. The molecule has 4 fully saturated rings. The molecule has 0 bridgehead atoms. The van der Waals surface area contributed by atoms with Gasteiger partial charge in [-0.2, -0.15) is 16.8 Å². The fourth-order valence-electron chi connectivity index (χ4n) is 10.3. The van der Waals surface area contributed by atoms with Crippen molar-refractivity contribution in [3.63, 3.8) is 0 Å². The van der Waals surface area contributed by atoms with Gasteiger partial charge in [0, 0.05) is 51.4 Å². The Labute approximate surface area is 510 Å². The minimum Gasteiger partial charge on any atom is -1.00 e. The van der Waals surface area contributed by atoms with Crippen molar-refractivity contribution in [2.24, 2.45) is 29.2 Å². The van der Waals surface area contributed by atoms with Crippen LogP contribution in [-0.4, -0.2) is 57.1 Å². The van der Waals surface area contributed by atoms with Crippen molar-refractivity contribution >= 4 is 91.4 Å². The van der Waals surface area contributed by atoms with E-state index in [1.54, 1.807) is 6.92 Å². The van der Waals surface area contributed by atoms with E-state index >= 15 is 0 Å². The first-order chi connectivity index (χ1) is 32.3. The van der Waals surface area contributed by atoms with Gasteiger partial charge in [-0.3, -0.25) is 0 Å². The van der Waals surface area contributed by atoms with Crippen LogP contribution in [0.2, 0.25) is 20.1 Å². The van der Waals surface area contributed by atoms with Crippen LogP contribution in [0.15, 0.2) is 97.1 Å². The van der Waals surface area contributed by atoms with Gasteiger partial charge in [-0.15, -0.1) is 5.92 Å². The second-order valence-corrected chi connectivity index (χ2v) is 22.7. The predicted molar refractivity (Wildman–Crippen MR) is 308 cm³/mol. The maximum Gasteiger partial charge on any atom is 2.00 e. The van der Waals surface area contributed by atoms with Crippen molar-refractivity contribution in [3.05, 3.63) is 145 Å². The largest absolute Gasteiger partial charge is 2.00 e. The summed E-state index contributed by atoms with van der Waals surface area (Å²) in [5, 5.41) is 22.6. The van der Waals surface area contributed by atoms with Gasteiger partial charge in [0.25, 0.3) is 0 Å². The minimum absolute atomic E-state index is 0.